The molecule has 1 unspecified atom stereocenters. The summed E-state index contributed by atoms with van der Waals surface area (Å²) in [6, 6.07) is 16.5. The number of rotatable bonds is 9. The van der Waals surface area contributed by atoms with E-state index in [9.17, 15) is 29.1 Å². The Kier molecular flexibility index (Phi) is 8.89. The number of ether oxygens (including phenoxy) is 1. The SMILES string of the molecule is CN(C)c1ccc2c(c1)OC1=CC(N(C)C)C=CC1=C2c1ccc(C(=O)NCc2ccc(C(=O)ON3C(=O)CCC3=O)cc2)cc1C(=O)O. The van der Waals surface area contributed by atoms with Gasteiger partial charge in [-0.1, -0.05) is 30.4 Å². The van der Waals surface area contributed by atoms with Crippen LogP contribution in [0, 0.1) is 0 Å². The maximum absolute atomic E-state index is 13.2. The molecule has 49 heavy (non-hydrogen) atoms. The van der Waals surface area contributed by atoms with Crippen LogP contribution in [0.4, 0.5) is 5.69 Å². The molecule has 1 saturated heterocycles. The highest BCUT2D eigenvalue weighted by Crippen LogP contribution is 2.45. The molecule has 2 heterocycles. The maximum Gasteiger partial charge on any atom is 0.363 e. The van der Waals surface area contributed by atoms with Crippen LogP contribution in [-0.4, -0.2) is 79.0 Å². The molecule has 3 aromatic carbocycles. The zero-order chi connectivity index (χ0) is 35.0. The van der Waals surface area contributed by atoms with E-state index in [1.54, 1.807) is 24.3 Å². The average Bonchev–Trinajstić information content (AvgIpc) is 3.40. The number of aromatic carboxylic acids is 1. The van der Waals surface area contributed by atoms with E-state index < -0.39 is 29.7 Å². The summed E-state index contributed by atoms with van der Waals surface area (Å²) < 4.78 is 6.39. The van der Waals surface area contributed by atoms with Gasteiger partial charge in [0.25, 0.3) is 17.7 Å². The lowest BCUT2D eigenvalue weighted by Gasteiger charge is -2.31. The molecular weight excluding hydrogens is 628 g/mol. The first-order valence-electron chi connectivity index (χ1n) is 15.5. The number of likely N-dealkylation sites (N-methyl/N-ethyl adjacent to an activating group) is 1. The van der Waals surface area contributed by atoms with Gasteiger partial charge in [0.15, 0.2) is 0 Å². The number of carboxylic acid groups (broad SMARTS) is 1. The van der Waals surface area contributed by atoms with Gasteiger partial charge in [0.2, 0.25) is 0 Å². The molecule has 0 spiro atoms. The largest absolute Gasteiger partial charge is 0.478 e. The van der Waals surface area contributed by atoms with Crippen LogP contribution in [0.15, 0.2) is 90.2 Å². The lowest BCUT2D eigenvalue weighted by Crippen LogP contribution is -2.32. The van der Waals surface area contributed by atoms with Gasteiger partial charge in [-0.15, -0.1) is 5.06 Å². The first-order valence-corrected chi connectivity index (χ1v) is 15.5. The number of allylic oxidation sites excluding steroid dienone is 1. The van der Waals surface area contributed by atoms with E-state index in [0.29, 0.717) is 33.3 Å². The molecule has 2 N–H and O–H groups in total. The summed E-state index contributed by atoms with van der Waals surface area (Å²) in [5.41, 5.74) is 4.42. The van der Waals surface area contributed by atoms with E-state index in [-0.39, 0.29) is 42.1 Å². The molecule has 0 aromatic heterocycles. The summed E-state index contributed by atoms with van der Waals surface area (Å²) in [5.74, 6) is -2.46. The quantitative estimate of drug-likeness (QED) is 0.320. The molecule has 6 rings (SSSR count). The Balaban J connectivity index is 1.24. The second-order valence-electron chi connectivity index (χ2n) is 12.2. The fourth-order valence-corrected chi connectivity index (χ4v) is 5.74. The van der Waals surface area contributed by atoms with Crippen molar-refractivity contribution in [3.05, 3.63) is 124 Å². The third-order valence-corrected chi connectivity index (χ3v) is 8.49. The van der Waals surface area contributed by atoms with Gasteiger partial charge in [-0.25, -0.2) is 9.59 Å². The summed E-state index contributed by atoms with van der Waals surface area (Å²) in [6.45, 7) is 0.0849. The minimum atomic E-state index is -1.19. The van der Waals surface area contributed by atoms with Crippen LogP contribution in [0.25, 0.3) is 5.57 Å². The Hall–Kier alpha value is -6.01. The predicted molar refractivity (Wildman–Crippen MR) is 180 cm³/mol. The van der Waals surface area contributed by atoms with Crippen molar-refractivity contribution in [3.8, 4) is 5.75 Å². The highest BCUT2D eigenvalue weighted by atomic mass is 16.7. The number of fused-ring (bicyclic) bond motifs is 2. The molecule has 3 aliphatic rings. The minimum Gasteiger partial charge on any atom is -0.478 e. The Morgan fingerprint density at radius 1 is 0.918 bits per heavy atom. The highest BCUT2D eigenvalue weighted by molar-refractivity contribution is 6.04. The third kappa shape index (κ3) is 6.58. The standard InChI is InChI=1S/C37H34N4O8/c1-39(2)24-10-13-27-30(18-24)48-31-19-25(40(3)4)11-14-28(31)34(27)26-12-9-23(17-29(26)36(45)46)35(44)38-20-21-5-7-22(8-6-21)37(47)49-41-32(42)15-16-33(41)43/h5-14,17-19,24H,15-16,20H2,1-4H3,(H,38,44)(H,45,46). The summed E-state index contributed by atoms with van der Waals surface area (Å²) in [6.07, 6.45) is 5.95. The molecule has 12 nitrogen and oxygen atoms in total. The van der Waals surface area contributed by atoms with Gasteiger partial charge in [0, 0.05) is 73.6 Å². The predicted octanol–water partition coefficient (Wildman–Crippen LogP) is 4.18. The third-order valence-electron chi connectivity index (χ3n) is 8.49. The fourth-order valence-electron chi connectivity index (χ4n) is 5.74. The Morgan fingerprint density at radius 3 is 2.24 bits per heavy atom. The second-order valence-corrected chi connectivity index (χ2v) is 12.2. The van der Waals surface area contributed by atoms with Crippen molar-refractivity contribution in [2.24, 2.45) is 0 Å². The molecule has 1 atom stereocenters. The van der Waals surface area contributed by atoms with Gasteiger partial charge in [0.05, 0.1) is 11.1 Å². The van der Waals surface area contributed by atoms with Crippen LogP contribution in [0.5, 0.6) is 5.75 Å². The first kappa shape index (κ1) is 32.9. The lowest BCUT2D eigenvalue weighted by atomic mass is 9.84. The monoisotopic (exact) mass is 662 g/mol. The van der Waals surface area contributed by atoms with E-state index >= 15 is 0 Å². The topological polar surface area (TPSA) is 146 Å². The van der Waals surface area contributed by atoms with E-state index in [1.165, 1.54) is 18.2 Å². The van der Waals surface area contributed by atoms with Crippen LogP contribution < -0.4 is 15.0 Å². The van der Waals surface area contributed by atoms with Crippen LogP contribution in [0.3, 0.4) is 0 Å². The van der Waals surface area contributed by atoms with Crippen LogP contribution >= 0.6 is 0 Å². The number of carbonyl (C=O) groups is 5. The number of imide groups is 1. The van der Waals surface area contributed by atoms with Gasteiger partial charge in [0.1, 0.15) is 11.5 Å². The molecule has 0 saturated carbocycles. The molecule has 1 aliphatic carbocycles. The van der Waals surface area contributed by atoms with E-state index in [0.717, 1.165) is 16.8 Å². The summed E-state index contributed by atoms with van der Waals surface area (Å²) in [5, 5.41) is 13.6. The number of amides is 3. The van der Waals surface area contributed by atoms with Crippen molar-refractivity contribution < 1.29 is 38.7 Å². The number of anilines is 1. The van der Waals surface area contributed by atoms with Crippen molar-refractivity contribution >= 4 is 40.9 Å². The van der Waals surface area contributed by atoms with Crippen LogP contribution in [-0.2, 0) is 21.0 Å². The van der Waals surface area contributed by atoms with Gasteiger partial charge in [-0.3, -0.25) is 19.3 Å². The van der Waals surface area contributed by atoms with Gasteiger partial charge < -0.3 is 24.9 Å². The summed E-state index contributed by atoms with van der Waals surface area (Å²) >= 11 is 0. The molecule has 0 radical (unpaired) electrons. The van der Waals surface area contributed by atoms with Crippen molar-refractivity contribution in [3.63, 3.8) is 0 Å². The van der Waals surface area contributed by atoms with Crippen LogP contribution in [0.1, 0.15) is 60.6 Å². The number of hydroxylamine groups is 2. The molecule has 12 heteroatoms. The Labute approximate surface area is 282 Å². The molecule has 0 bridgehead atoms. The molecule has 250 valence electrons. The number of nitrogens with one attached hydrogen (secondary N) is 1. The normalized spacial score (nSPS) is 16.6. The summed E-state index contributed by atoms with van der Waals surface area (Å²) in [4.78, 5) is 70.7. The van der Waals surface area contributed by atoms with E-state index in [2.05, 4.69) is 5.32 Å². The van der Waals surface area contributed by atoms with Crippen molar-refractivity contribution in [1.82, 2.24) is 15.3 Å². The first-order chi connectivity index (χ1) is 23.4. The summed E-state index contributed by atoms with van der Waals surface area (Å²) in [7, 11) is 7.79. The number of carboxylic acids is 1. The van der Waals surface area contributed by atoms with Gasteiger partial charge in [-0.2, -0.15) is 0 Å². The van der Waals surface area contributed by atoms with Crippen molar-refractivity contribution in [2.75, 3.05) is 33.1 Å². The zero-order valence-corrected chi connectivity index (χ0v) is 27.4. The van der Waals surface area contributed by atoms with E-state index in [4.69, 9.17) is 9.57 Å². The Bertz CT molecular complexity index is 1980. The van der Waals surface area contributed by atoms with Crippen molar-refractivity contribution in [1.29, 1.82) is 0 Å². The minimum absolute atomic E-state index is 0.00583. The van der Waals surface area contributed by atoms with E-state index in [1.807, 2.05) is 74.4 Å². The number of hydrogen-bond acceptors (Lipinski definition) is 9. The van der Waals surface area contributed by atoms with Crippen molar-refractivity contribution in [2.45, 2.75) is 25.4 Å². The lowest BCUT2D eigenvalue weighted by molar-refractivity contribution is -0.172. The smallest absolute Gasteiger partial charge is 0.363 e. The van der Waals surface area contributed by atoms with Crippen LogP contribution in [0.2, 0.25) is 0 Å². The molecule has 3 amide bonds. The maximum atomic E-state index is 13.2. The average molecular weight is 663 g/mol. The Morgan fingerprint density at radius 2 is 1.59 bits per heavy atom. The number of benzene rings is 3. The van der Waals surface area contributed by atoms with Gasteiger partial charge >= 0.3 is 11.9 Å². The molecule has 1 fully saturated rings. The molecule has 2 aliphatic heterocycles. The molecule has 3 aromatic rings. The number of carbonyl (C=O) groups excluding carboxylic acids is 4. The number of hydrogen-bond donors (Lipinski definition) is 2. The second kappa shape index (κ2) is 13.2. The molecular formula is C37H34N4O8. The highest BCUT2D eigenvalue weighted by Gasteiger charge is 2.33. The zero-order valence-electron chi connectivity index (χ0n) is 27.4. The fraction of sp³-hybridized carbons (Fsp3) is 0.216. The number of nitrogens with zero attached hydrogens (tertiary/aromatic N) is 3. The van der Waals surface area contributed by atoms with Gasteiger partial charge in [-0.05, 0) is 67.7 Å².